The summed E-state index contributed by atoms with van der Waals surface area (Å²) in [6, 6.07) is 7.30. The zero-order valence-corrected chi connectivity index (χ0v) is 10.3. The molecule has 0 spiro atoms. The first-order valence-corrected chi connectivity index (χ1v) is 6.14. The fourth-order valence-electron chi connectivity index (χ4n) is 1.31. The van der Waals surface area contributed by atoms with E-state index in [4.69, 9.17) is 0 Å². The van der Waals surface area contributed by atoms with Gasteiger partial charge in [0.05, 0.1) is 5.69 Å². The molecule has 0 N–H and O–H groups in total. The number of benzene rings is 1. The quantitative estimate of drug-likeness (QED) is 0.745. The molecule has 15 heavy (non-hydrogen) atoms. The van der Waals surface area contributed by atoms with Crippen LogP contribution in [0, 0.1) is 6.92 Å². The van der Waals surface area contributed by atoms with Crippen LogP contribution in [0.3, 0.4) is 0 Å². The Bertz CT molecular complexity index is 418. The summed E-state index contributed by atoms with van der Waals surface area (Å²) in [5, 5.41) is -0.231. The molecular weight excluding hydrogens is 278 g/mol. The molecule has 1 atom stereocenters. The summed E-state index contributed by atoms with van der Waals surface area (Å²) in [6.45, 7) is 1.96. The second-order valence-corrected chi connectivity index (χ2v) is 5.79. The average Bonchev–Trinajstić information content (AvgIpc) is 2.44. The van der Waals surface area contributed by atoms with Gasteiger partial charge in [0, 0.05) is 0 Å². The average molecular weight is 286 g/mol. The lowest BCUT2D eigenvalue weighted by molar-refractivity contribution is -0.115. The fourth-order valence-corrected chi connectivity index (χ4v) is 2.68. The molecule has 5 heteroatoms. The molecule has 78 valence electrons. The van der Waals surface area contributed by atoms with Crippen LogP contribution in [0.2, 0.25) is 0 Å². The third-order valence-corrected chi connectivity index (χ3v) is 3.84. The van der Waals surface area contributed by atoms with Gasteiger partial charge in [0.15, 0.2) is 0 Å². The summed E-state index contributed by atoms with van der Waals surface area (Å²) in [4.78, 5) is 24.4. The largest absolute Gasteiger partial charge is 0.294 e. The van der Waals surface area contributed by atoms with Crippen LogP contribution >= 0.6 is 27.7 Å². The Morgan fingerprint density at radius 3 is 2.33 bits per heavy atom. The van der Waals surface area contributed by atoms with E-state index in [1.165, 1.54) is 4.90 Å². The van der Waals surface area contributed by atoms with Gasteiger partial charge in [0.25, 0.3) is 11.1 Å². The van der Waals surface area contributed by atoms with E-state index >= 15 is 0 Å². The molecule has 0 bridgehead atoms. The van der Waals surface area contributed by atoms with E-state index in [1.54, 1.807) is 12.1 Å². The SMILES string of the molecule is Cc1ccc(N2C(=O)SC(Br)C2=O)cc1. The molecule has 1 heterocycles. The van der Waals surface area contributed by atoms with Crippen molar-refractivity contribution in [2.24, 2.45) is 0 Å². The number of anilines is 1. The topological polar surface area (TPSA) is 37.4 Å². The molecular formula is C10H8BrNO2S. The van der Waals surface area contributed by atoms with Crippen molar-refractivity contribution in [3.05, 3.63) is 29.8 Å². The van der Waals surface area contributed by atoms with Crippen LogP contribution in [-0.4, -0.2) is 15.3 Å². The predicted octanol–water partition coefficient (Wildman–Crippen LogP) is 2.92. The van der Waals surface area contributed by atoms with Crippen molar-refractivity contribution < 1.29 is 9.59 Å². The van der Waals surface area contributed by atoms with E-state index in [0.717, 1.165) is 17.3 Å². The lowest BCUT2D eigenvalue weighted by Gasteiger charge is -2.12. The number of amides is 2. The monoisotopic (exact) mass is 285 g/mol. The number of hydrogen-bond donors (Lipinski definition) is 0. The van der Waals surface area contributed by atoms with Gasteiger partial charge >= 0.3 is 0 Å². The Labute approximate surface area is 100.0 Å². The summed E-state index contributed by atoms with van der Waals surface area (Å²) in [7, 11) is 0. The van der Waals surface area contributed by atoms with Crippen LogP contribution in [0.5, 0.6) is 0 Å². The van der Waals surface area contributed by atoms with E-state index in [-0.39, 0.29) is 11.1 Å². The normalized spacial score (nSPS) is 21.2. The van der Waals surface area contributed by atoms with E-state index in [2.05, 4.69) is 15.9 Å². The van der Waals surface area contributed by atoms with Gasteiger partial charge in [-0.15, -0.1) is 0 Å². The fraction of sp³-hybridized carbons (Fsp3) is 0.200. The second-order valence-electron chi connectivity index (χ2n) is 3.21. The molecule has 1 aromatic rings. The molecule has 1 fully saturated rings. The Kier molecular flexibility index (Phi) is 2.84. The number of carbonyl (C=O) groups is 2. The number of nitrogens with zero attached hydrogens (tertiary/aromatic N) is 1. The van der Waals surface area contributed by atoms with Crippen molar-refractivity contribution in [1.29, 1.82) is 0 Å². The summed E-state index contributed by atoms with van der Waals surface area (Å²) >= 11 is 4.14. The Balaban J connectivity index is 2.35. The van der Waals surface area contributed by atoms with E-state index < -0.39 is 4.16 Å². The molecule has 2 rings (SSSR count). The smallest absolute Gasteiger partial charge is 0.272 e. The van der Waals surface area contributed by atoms with Crippen LogP contribution in [0.4, 0.5) is 10.5 Å². The predicted molar refractivity (Wildman–Crippen MR) is 64.4 cm³/mol. The highest BCUT2D eigenvalue weighted by molar-refractivity contribution is 9.12. The van der Waals surface area contributed by atoms with Crippen LogP contribution in [0.15, 0.2) is 24.3 Å². The maximum absolute atomic E-state index is 11.6. The molecule has 1 unspecified atom stereocenters. The maximum atomic E-state index is 11.6. The molecule has 2 amide bonds. The molecule has 0 aliphatic carbocycles. The van der Waals surface area contributed by atoms with Crippen molar-refractivity contribution in [1.82, 2.24) is 0 Å². The summed E-state index contributed by atoms with van der Waals surface area (Å²) in [5.41, 5.74) is 1.73. The highest BCUT2D eigenvalue weighted by Crippen LogP contribution is 2.34. The zero-order chi connectivity index (χ0) is 11.0. The number of imide groups is 1. The number of thioether (sulfide) groups is 1. The highest BCUT2D eigenvalue weighted by Gasteiger charge is 2.38. The molecule has 0 aromatic heterocycles. The van der Waals surface area contributed by atoms with Crippen LogP contribution in [-0.2, 0) is 4.79 Å². The number of aryl methyl sites for hydroxylation is 1. The third-order valence-electron chi connectivity index (χ3n) is 2.09. The van der Waals surface area contributed by atoms with Crippen molar-refractivity contribution in [3.63, 3.8) is 0 Å². The minimum Gasteiger partial charge on any atom is -0.272 e. The first-order valence-electron chi connectivity index (χ1n) is 4.35. The Morgan fingerprint density at radius 2 is 1.87 bits per heavy atom. The Hall–Kier alpha value is -0.810. The number of alkyl halides is 1. The number of halogens is 1. The number of hydrogen-bond acceptors (Lipinski definition) is 3. The lowest BCUT2D eigenvalue weighted by Crippen LogP contribution is -2.29. The molecule has 1 aliphatic heterocycles. The molecule has 1 aliphatic rings. The first-order chi connectivity index (χ1) is 7.09. The molecule has 0 saturated carbocycles. The highest BCUT2D eigenvalue weighted by atomic mass is 79.9. The minimum absolute atomic E-state index is 0.214. The minimum atomic E-state index is -0.452. The van der Waals surface area contributed by atoms with E-state index in [1.807, 2.05) is 19.1 Å². The van der Waals surface area contributed by atoms with E-state index in [9.17, 15) is 9.59 Å². The van der Waals surface area contributed by atoms with Gasteiger partial charge in [-0.2, -0.15) is 0 Å². The number of carbonyl (C=O) groups excluding carboxylic acids is 2. The molecule has 1 aromatic carbocycles. The van der Waals surface area contributed by atoms with Crippen molar-refractivity contribution in [3.8, 4) is 0 Å². The molecule has 0 radical (unpaired) electrons. The summed E-state index contributed by atoms with van der Waals surface area (Å²) in [5.74, 6) is -0.214. The molecule has 3 nitrogen and oxygen atoms in total. The van der Waals surface area contributed by atoms with Gasteiger partial charge in [-0.3, -0.25) is 9.59 Å². The van der Waals surface area contributed by atoms with Crippen molar-refractivity contribution in [2.45, 2.75) is 11.1 Å². The number of rotatable bonds is 1. The van der Waals surface area contributed by atoms with Crippen LogP contribution in [0.25, 0.3) is 0 Å². The van der Waals surface area contributed by atoms with Gasteiger partial charge in [-0.05, 0) is 30.8 Å². The standard InChI is InChI=1S/C10H8BrNO2S/c1-6-2-4-7(5-3-6)12-9(13)8(11)15-10(12)14/h2-5,8H,1H3. The van der Waals surface area contributed by atoms with Gasteiger partial charge in [0.2, 0.25) is 0 Å². The second kappa shape index (κ2) is 3.98. The third kappa shape index (κ3) is 1.94. The zero-order valence-electron chi connectivity index (χ0n) is 7.94. The van der Waals surface area contributed by atoms with Crippen LogP contribution in [0.1, 0.15) is 5.56 Å². The van der Waals surface area contributed by atoms with Gasteiger partial charge < -0.3 is 0 Å². The Morgan fingerprint density at radius 1 is 1.27 bits per heavy atom. The lowest BCUT2D eigenvalue weighted by atomic mass is 10.2. The van der Waals surface area contributed by atoms with Crippen molar-refractivity contribution in [2.75, 3.05) is 4.90 Å². The van der Waals surface area contributed by atoms with Crippen LogP contribution < -0.4 is 4.90 Å². The summed E-state index contributed by atoms with van der Waals surface area (Å²) in [6.07, 6.45) is 0. The first kappa shape index (κ1) is 10.7. The van der Waals surface area contributed by atoms with Gasteiger partial charge in [-0.1, -0.05) is 33.6 Å². The summed E-state index contributed by atoms with van der Waals surface area (Å²) < 4.78 is -0.452. The van der Waals surface area contributed by atoms with Gasteiger partial charge in [-0.25, -0.2) is 4.90 Å². The maximum Gasteiger partial charge on any atom is 0.294 e. The van der Waals surface area contributed by atoms with Gasteiger partial charge in [0.1, 0.15) is 4.16 Å². The van der Waals surface area contributed by atoms with Crippen molar-refractivity contribution >= 4 is 44.5 Å². The van der Waals surface area contributed by atoms with E-state index in [0.29, 0.717) is 5.69 Å². The molecule has 1 saturated heterocycles.